The second-order valence-corrected chi connectivity index (χ2v) is 4.73. The van der Waals surface area contributed by atoms with E-state index in [1.165, 1.54) is 25.1 Å². The van der Waals surface area contributed by atoms with Gasteiger partial charge in [0.1, 0.15) is 5.82 Å². The number of imidazole rings is 1. The lowest BCUT2D eigenvalue weighted by molar-refractivity contribution is 0.395. The number of hydrogen-bond acceptors (Lipinski definition) is 1. The summed E-state index contributed by atoms with van der Waals surface area (Å²) < 4.78 is 2.19. The van der Waals surface area contributed by atoms with Crippen LogP contribution < -0.4 is 0 Å². The molecule has 0 radical (unpaired) electrons. The molecule has 1 aromatic heterocycles. The third-order valence-corrected chi connectivity index (χ3v) is 3.58. The molecule has 0 spiro atoms. The number of aromatic nitrogens is 2. The zero-order chi connectivity index (χ0) is 10.4. The highest BCUT2D eigenvalue weighted by molar-refractivity contribution is 6.31. The third kappa shape index (κ3) is 1.36. The highest BCUT2D eigenvalue weighted by Gasteiger charge is 2.24. The molecule has 15 heavy (non-hydrogen) atoms. The molecule has 3 heteroatoms. The predicted molar refractivity (Wildman–Crippen MR) is 62.3 cm³/mol. The van der Waals surface area contributed by atoms with Gasteiger partial charge in [0.2, 0.25) is 0 Å². The van der Waals surface area contributed by atoms with Gasteiger partial charge in [-0.15, -0.1) is 0 Å². The zero-order valence-corrected chi connectivity index (χ0v) is 9.46. The number of hydrogen-bond donors (Lipinski definition) is 0. The Kier molecular flexibility index (Phi) is 1.99. The van der Waals surface area contributed by atoms with E-state index in [2.05, 4.69) is 16.6 Å². The molecule has 1 aromatic carbocycles. The largest absolute Gasteiger partial charge is 0.331 e. The monoisotopic (exact) mass is 220 g/mol. The average Bonchev–Trinajstić information content (AvgIpc) is 2.43. The summed E-state index contributed by atoms with van der Waals surface area (Å²) in [7, 11) is 2.08. The van der Waals surface area contributed by atoms with Crippen molar-refractivity contribution in [2.24, 2.45) is 7.05 Å². The summed E-state index contributed by atoms with van der Waals surface area (Å²) in [6, 6.07) is 5.90. The van der Waals surface area contributed by atoms with E-state index in [1.807, 2.05) is 18.2 Å². The van der Waals surface area contributed by atoms with Gasteiger partial charge in [0, 0.05) is 18.0 Å². The maximum Gasteiger partial charge on any atom is 0.112 e. The molecule has 1 aliphatic rings. The number of halogens is 1. The molecule has 0 bridgehead atoms. The molecule has 0 saturated heterocycles. The van der Waals surface area contributed by atoms with E-state index in [9.17, 15) is 0 Å². The fourth-order valence-electron chi connectivity index (χ4n) is 2.21. The van der Waals surface area contributed by atoms with Gasteiger partial charge in [-0.1, -0.05) is 18.0 Å². The second-order valence-electron chi connectivity index (χ2n) is 4.29. The van der Waals surface area contributed by atoms with Gasteiger partial charge in [0.15, 0.2) is 0 Å². The molecule has 1 fully saturated rings. The van der Waals surface area contributed by atoms with Crippen molar-refractivity contribution in [3.8, 4) is 0 Å². The van der Waals surface area contributed by atoms with Crippen molar-refractivity contribution >= 4 is 22.6 Å². The van der Waals surface area contributed by atoms with Crippen LogP contribution in [0.5, 0.6) is 0 Å². The Hall–Kier alpha value is -1.02. The first-order valence-corrected chi connectivity index (χ1v) is 5.75. The standard InChI is InChI=1S/C12H13ClN2/c1-15-11-7-9(13)5-6-10(11)14-12(15)8-3-2-4-8/h5-8H,2-4H2,1H3. The first-order chi connectivity index (χ1) is 7.25. The summed E-state index contributed by atoms with van der Waals surface area (Å²) in [5.41, 5.74) is 2.20. The number of benzene rings is 1. The van der Waals surface area contributed by atoms with Gasteiger partial charge in [0.25, 0.3) is 0 Å². The summed E-state index contributed by atoms with van der Waals surface area (Å²) in [5, 5.41) is 0.783. The maximum absolute atomic E-state index is 5.99. The van der Waals surface area contributed by atoms with E-state index in [0.29, 0.717) is 5.92 Å². The summed E-state index contributed by atoms with van der Waals surface area (Å²) in [6.07, 6.45) is 3.91. The van der Waals surface area contributed by atoms with Crippen molar-refractivity contribution in [2.75, 3.05) is 0 Å². The van der Waals surface area contributed by atoms with E-state index in [4.69, 9.17) is 11.6 Å². The number of fused-ring (bicyclic) bond motifs is 1. The highest BCUT2D eigenvalue weighted by atomic mass is 35.5. The SMILES string of the molecule is Cn1c(C2CCC2)nc2ccc(Cl)cc21. The Morgan fingerprint density at radius 1 is 1.40 bits per heavy atom. The molecule has 3 rings (SSSR count). The normalized spacial score (nSPS) is 16.9. The van der Waals surface area contributed by atoms with Gasteiger partial charge in [-0.25, -0.2) is 4.98 Å². The lowest BCUT2D eigenvalue weighted by atomic mass is 9.85. The Balaban J connectivity index is 2.19. The minimum absolute atomic E-state index is 0.668. The van der Waals surface area contributed by atoms with Crippen LogP contribution in [0.1, 0.15) is 31.0 Å². The molecular formula is C12H13ClN2. The molecule has 0 aliphatic heterocycles. The van der Waals surface area contributed by atoms with Crippen LogP contribution in [0, 0.1) is 0 Å². The molecule has 0 unspecified atom stereocenters. The van der Waals surface area contributed by atoms with Gasteiger partial charge >= 0.3 is 0 Å². The number of nitrogens with zero attached hydrogens (tertiary/aromatic N) is 2. The van der Waals surface area contributed by atoms with Crippen molar-refractivity contribution < 1.29 is 0 Å². The van der Waals surface area contributed by atoms with E-state index >= 15 is 0 Å². The van der Waals surface area contributed by atoms with Crippen LogP contribution in [0.3, 0.4) is 0 Å². The lowest BCUT2D eigenvalue weighted by Crippen LogP contribution is -2.13. The molecule has 0 amide bonds. The summed E-state index contributed by atoms with van der Waals surface area (Å²) in [6.45, 7) is 0. The number of aryl methyl sites for hydroxylation is 1. The minimum Gasteiger partial charge on any atom is -0.331 e. The van der Waals surface area contributed by atoms with Crippen LogP contribution in [0.25, 0.3) is 11.0 Å². The van der Waals surface area contributed by atoms with Crippen LogP contribution >= 0.6 is 11.6 Å². The molecule has 0 atom stereocenters. The van der Waals surface area contributed by atoms with E-state index < -0.39 is 0 Å². The molecule has 2 aromatic rings. The molecule has 1 aliphatic carbocycles. The quantitative estimate of drug-likeness (QED) is 0.720. The lowest BCUT2D eigenvalue weighted by Gasteiger charge is -2.24. The molecular weight excluding hydrogens is 208 g/mol. The van der Waals surface area contributed by atoms with Crippen molar-refractivity contribution in [3.63, 3.8) is 0 Å². The molecule has 1 heterocycles. The second kappa shape index (κ2) is 3.24. The topological polar surface area (TPSA) is 17.8 Å². The Morgan fingerprint density at radius 2 is 2.20 bits per heavy atom. The van der Waals surface area contributed by atoms with Crippen LogP contribution in [0.4, 0.5) is 0 Å². The third-order valence-electron chi connectivity index (χ3n) is 3.35. The van der Waals surface area contributed by atoms with Gasteiger partial charge in [-0.05, 0) is 31.0 Å². The van der Waals surface area contributed by atoms with Crippen LogP contribution in [0.15, 0.2) is 18.2 Å². The maximum atomic E-state index is 5.99. The fourth-order valence-corrected chi connectivity index (χ4v) is 2.38. The van der Waals surface area contributed by atoms with Crippen molar-refractivity contribution in [1.82, 2.24) is 9.55 Å². The van der Waals surface area contributed by atoms with Crippen molar-refractivity contribution in [2.45, 2.75) is 25.2 Å². The van der Waals surface area contributed by atoms with Gasteiger partial charge in [-0.2, -0.15) is 0 Å². The molecule has 0 N–H and O–H groups in total. The molecule has 1 saturated carbocycles. The summed E-state index contributed by atoms with van der Waals surface area (Å²) in [5.74, 6) is 1.89. The van der Waals surface area contributed by atoms with Crippen molar-refractivity contribution in [1.29, 1.82) is 0 Å². The fraction of sp³-hybridized carbons (Fsp3) is 0.417. The van der Waals surface area contributed by atoms with Gasteiger partial charge in [-0.3, -0.25) is 0 Å². The van der Waals surface area contributed by atoms with Crippen LogP contribution in [0.2, 0.25) is 5.02 Å². The van der Waals surface area contributed by atoms with E-state index in [1.54, 1.807) is 0 Å². The van der Waals surface area contributed by atoms with E-state index in [-0.39, 0.29) is 0 Å². The molecule has 2 nitrogen and oxygen atoms in total. The first kappa shape index (κ1) is 9.22. The minimum atomic E-state index is 0.668. The van der Waals surface area contributed by atoms with Crippen LogP contribution in [-0.2, 0) is 7.05 Å². The van der Waals surface area contributed by atoms with Crippen molar-refractivity contribution in [3.05, 3.63) is 29.0 Å². The Morgan fingerprint density at radius 3 is 2.87 bits per heavy atom. The summed E-state index contributed by atoms with van der Waals surface area (Å²) in [4.78, 5) is 4.68. The van der Waals surface area contributed by atoms with Crippen LogP contribution in [-0.4, -0.2) is 9.55 Å². The predicted octanol–water partition coefficient (Wildman–Crippen LogP) is 3.49. The summed E-state index contributed by atoms with van der Waals surface area (Å²) >= 11 is 5.99. The highest BCUT2D eigenvalue weighted by Crippen LogP contribution is 2.36. The average molecular weight is 221 g/mol. The van der Waals surface area contributed by atoms with Gasteiger partial charge in [0.05, 0.1) is 11.0 Å². The van der Waals surface area contributed by atoms with E-state index in [0.717, 1.165) is 16.1 Å². The smallest absolute Gasteiger partial charge is 0.112 e. The van der Waals surface area contributed by atoms with Gasteiger partial charge < -0.3 is 4.57 Å². The zero-order valence-electron chi connectivity index (χ0n) is 8.70. The first-order valence-electron chi connectivity index (χ1n) is 5.37. The Labute approximate surface area is 93.9 Å². The Bertz CT molecular complexity index is 512. The number of rotatable bonds is 1. The molecule has 78 valence electrons.